The topological polar surface area (TPSA) is 69.6 Å². The first-order valence-electron chi connectivity index (χ1n) is 12.7. The van der Waals surface area contributed by atoms with Crippen molar-refractivity contribution in [2.45, 2.75) is 63.9 Å². The Hall–Kier alpha value is -2.45. The van der Waals surface area contributed by atoms with Crippen molar-refractivity contribution < 1.29 is 18.7 Å². The summed E-state index contributed by atoms with van der Waals surface area (Å²) in [4.78, 5) is 17.4. The molecule has 3 aliphatic rings. The number of likely N-dealkylation sites (N-methyl/N-ethyl adjacent to an activating group) is 1. The lowest BCUT2D eigenvalue weighted by molar-refractivity contribution is -0.134. The number of hydrogen-bond donors (Lipinski definition) is 1. The number of nitrogens with zero attached hydrogens (tertiary/aromatic N) is 4. The van der Waals surface area contributed by atoms with Crippen molar-refractivity contribution in [2.24, 2.45) is 5.41 Å². The van der Waals surface area contributed by atoms with Gasteiger partial charge in [0.25, 0.3) is 0 Å². The predicted molar refractivity (Wildman–Crippen MR) is 129 cm³/mol. The van der Waals surface area contributed by atoms with Gasteiger partial charge in [-0.1, -0.05) is 19.9 Å². The zero-order valence-corrected chi connectivity index (χ0v) is 20.7. The van der Waals surface area contributed by atoms with Gasteiger partial charge in [-0.05, 0) is 67.7 Å². The molecule has 2 aromatic rings. The zero-order chi connectivity index (χ0) is 25.0. The molecule has 1 aliphatic heterocycles. The Kier molecular flexibility index (Phi) is 6.16. The van der Waals surface area contributed by atoms with Crippen LogP contribution in [-0.4, -0.2) is 69.8 Å². The summed E-state index contributed by atoms with van der Waals surface area (Å²) in [5.74, 6) is -1.02. The van der Waals surface area contributed by atoms with E-state index in [1.165, 1.54) is 18.2 Å². The minimum atomic E-state index is -0.649. The molecule has 1 N–H and O–H groups in total. The number of hydrogen-bond acceptors (Lipinski definition) is 5. The average molecular weight is 485 g/mol. The summed E-state index contributed by atoms with van der Waals surface area (Å²) in [6.45, 7) is 9.40. The molecule has 2 aliphatic carbocycles. The van der Waals surface area contributed by atoms with E-state index in [1.807, 2.05) is 17.9 Å². The molecule has 1 saturated carbocycles. The smallest absolute Gasteiger partial charge is 0.236 e. The second-order valence-electron chi connectivity index (χ2n) is 10.9. The molecule has 6 nitrogen and oxygen atoms in total. The molecule has 2 fully saturated rings. The molecular formula is C27H34F2N4O2. The lowest BCUT2D eigenvalue weighted by Gasteiger charge is -2.42. The van der Waals surface area contributed by atoms with Gasteiger partial charge in [0.05, 0.1) is 29.6 Å². The molecule has 0 spiro atoms. The third-order valence-corrected chi connectivity index (χ3v) is 8.95. The number of carbonyl (C=O) groups is 1. The summed E-state index contributed by atoms with van der Waals surface area (Å²) in [7, 11) is 0. The van der Waals surface area contributed by atoms with Crippen LogP contribution in [0, 0.1) is 17.0 Å². The fourth-order valence-corrected chi connectivity index (χ4v) is 6.71. The van der Waals surface area contributed by atoms with Gasteiger partial charge in [0, 0.05) is 31.6 Å². The lowest BCUT2D eigenvalue weighted by atomic mass is 9.68. The standard InChI is InChI=1S/C27H34F2N4O2/c1-4-33(23(35)15-32-12-9-17(34)10-13-32)16-27-11-8-19(26(27,2)3)18-14-22(30-31-25(18)27)24-20(28)6-5-7-21(24)29/h5-7,14,17,19,34H,4,8-13,15-16H2,1-3H3/t19-,27-/m0/s1. The molecule has 1 amide bonds. The van der Waals surface area contributed by atoms with E-state index in [4.69, 9.17) is 0 Å². The van der Waals surface area contributed by atoms with E-state index in [-0.39, 0.29) is 40.0 Å². The van der Waals surface area contributed by atoms with Gasteiger partial charge in [0.2, 0.25) is 5.91 Å². The van der Waals surface area contributed by atoms with Crippen LogP contribution in [0.2, 0.25) is 0 Å². The quantitative estimate of drug-likeness (QED) is 0.674. The Morgan fingerprint density at radius 1 is 1.17 bits per heavy atom. The van der Waals surface area contributed by atoms with Crippen molar-refractivity contribution >= 4 is 5.91 Å². The lowest BCUT2D eigenvalue weighted by Crippen LogP contribution is -2.51. The Morgan fingerprint density at radius 2 is 1.86 bits per heavy atom. The molecule has 2 atom stereocenters. The van der Waals surface area contributed by atoms with Crippen LogP contribution in [0.5, 0.6) is 0 Å². The number of aromatic nitrogens is 2. The van der Waals surface area contributed by atoms with Crippen LogP contribution < -0.4 is 0 Å². The van der Waals surface area contributed by atoms with Crippen molar-refractivity contribution in [2.75, 3.05) is 32.7 Å². The third-order valence-electron chi connectivity index (χ3n) is 8.95. The molecule has 2 heterocycles. The first-order valence-corrected chi connectivity index (χ1v) is 12.7. The fourth-order valence-electron chi connectivity index (χ4n) is 6.71. The number of rotatable bonds is 6. The van der Waals surface area contributed by atoms with E-state index >= 15 is 0 Å². The van der Waals surface area contributed by atoms with Gasteiger partial charge in [-0.3, -0.25) is 9.69 Å². The second kappa shape index (κ2) is 8.89. The molecule has 5 rings (SSSR count). The number of halogens is 2. The monoisotopic (exact) mass is 484 g/mol. The molecule has 188 valence electrons. The van der Waals surface area contributed by atoms with E-state index in [0.717, 1.165) is 37.2 Å². The van der Waals surface area contributed by atoms with E-state index in [0.29, 0.717) is 32.5 Å². The highest BCUT2D eigenvalue weighted by molar-refractivity contribution is 5.78. The molecular weight excluding hydrogens is 450 g/mol. The maximum Gasteiger partial charge on any atom is 0.236 e. The van der Waals surface area contributed by atoms with Crippen LogP contribution in [-0.2, 0) is 10.2 Å². The summed E-state index contributed by atoms with van der Waals surface area (Å²) in [5.41, 5.74) is 1.42. The molecule has 35 heavy (non-hydrogen) atoms. The Bertz CT molecular complexity index is 1110. The van der Waals surface area contributed by atoms with Gasteiger partial charge in [0.1, 0.15) is 11.6 Å². The summed E-state index contributed by atoms with van der Waals surface area (Å²) >= 11 is 0. The minimum Gasteiger partial charge on any atom is -0.393 e. The first-order chi connectivity index (χ1) is 16.7. The summed E-state index contributed by atoms with van der Waals surface area (Å²) in [6.07, 6.45) is 2.98. The van der Waals surface area contributed by atoms with Crippen LogP contribution in [0.4, 0.5) is 8.78 Å². The fraction of sp³-hybridized carbons (Fsp3) is 0.593. The highest BCUT2D eigenvalue weighted by Crippen LogP contribution is 2.67. The van der Waals surface area contributed by atoms with Gasteiger partial charge in [-0.25, -0.2) is 8.78 Å². The summed E-state index contributed by atoms with van der Waals surface area (Å²) < 4.78 is 28.9. The van der Waals surface area contributed by atoms with Crippen LogP contribution in [0.3, 0.4) is 0 Å². The van der Waals surface area contributed by atoms with Crippen LogP contribution in [0.15, 0.2) is 24.3 Å². The average Bonchev–Trinajstić information content (AvgIpc) is 3.18. The number of piperidine rings is 1. The maximum absolute atomic E-state index is 14.5. The maximum atomic E-state index is 14.5. The summed E-state index contributed by atoms with van der Waals surface area (Å²) in [5, 5.41) is 18.6. The van der Waals surface area contributed by atoms with Crippen LogP contribution in [0.1, 0.15) is 63.6 Å². The van der Waals surface area contributed by atoms with Crippen molar-refractivity contribution in [3.05, 3.63) is 47.2 Å². The molecule has 1 aromatic heterocycles. The van der Waals surface area contributed by atoms with Gasteiger partial charge < -0.3 is 10.0 Å². The molecule has 0 radical (unpaired) electrons. The van der Waals surface area contributed by atoms with Crippen molar-refractivity contribution in [3.8, 4) is 11.3 Å². The number of benzene rings is 1. The van der Waals surface area contributed by atoms with E-state index < -0.39 is 11.6 Å². The molecule has 0 unspecified atom stereocenters. The number of amides is 1. The number of carbonyl (C=O) groups excluding carboxylic acids is 1. The van der Waals surface area contributed by atoms with Crippen LogP contribution in [0.25, 0.3) is 11.3 Å². The number of likely N-dealkylation sites (tertiary alicyclic amines) is 1. The highest BCUT2D eigenvalue weighted by Gasteiger charge is 2.64. The number of aliphatic hydroxyl groups excluding tert-OH is 1. The number of fused-ring (bicyclic) bond motifs is 5. The third kappa shape index (κ3) is 3.85. The normalized spacial score (nSPS) is 25.6. The SMILES string of the molecule is CCN(C[C@@]12CC[C@@H](c3cc(-c4c(F)cccc4F)nnc31)C2(C)C)C(=O)CN1CCC(O)CC1. The molecule has 2 bridgehead atoms. The van der Waals surface area contributed by atoms with Gasteiger partial charge in [0.15, 0.2) is 0 Å². The predicted octanol–water partition coefficient (Wildman–Crippen LogP) is 3.88. The van der Waals surface area contributed by atoms with Crippen molar-refractivity contribution in [1.29, 1.82) is 0 Å². The van der Waals surface area contributed by atoms with Crippen LogP contribution >= 0.6 is 0 Å². The van der Waals surface area contributed by atoms with Gasteiger partial charge >= 0.3 is 0 Å². The molecule has 1 saturated heterocycles. The van der Waals surface area contributed by atoms with Gasteiger partial charge in [-0.2, -0.15) is 10.2 Å². The van der Waals surface area contributed by atoms with Crippen molar-refractivity contribution in [1.82, 2.24) is 20.0 Å². The molecule has 8 heteroatoms. The van der Waals surface area contributed by atoms with E-state index in [2.05, 4.69) is 28.9 Å². The molecule has 1 aromatic carbocycles. The van der Waals surface area contributed by atoms with Gasteiger partial charge in [-0.15, -0.1) is 0 Å². The Labute approximate surface area is 205 Å². The second-order valence-corrected chi connectivity index (χ2v) is 10.9. The first kappa shape index (κ1) is 24.3. The highest BCUT2D eigenvalue weighted by atomic mass is 19.1. The Morgan fingerprint density at radius 3 is 2.51 bits per heavy atom. The van der Waals surface area contributed by atoms with Crippen molar-refractivity contribution in [3.63, 3.8) is 0 Å². The van der Waals surface area contributed by atoms with E-state index in [1.54, 1.807) is 0 Å². The zero-order valence-electron chi connectivity index (χ0n) is 20.7. The minimum absolute atomic E-state index is 0.0870. The number of aliphatic hydroxyl groups is 1. The summed E-state index contributed by atoms with van der Waals surface area (Å²) in [6, 6.07) is 5.63. The largest absolute Gasteiger partial charge is 0.393 e. The Balaban J connectivity index is 1.44. The van der Waals surface area contributed by atoms with E-state index in [9.17, 15) is 18.7 Å².